The van der Waals surface area contributed by atoms with Gasteiger partial charge in [-0.2, -0.15) is 0 Å². The van der Waals surface area contributed by atoms with E-state index in [1.807, 2.05) is 25.1 Å². The lowest BCUT2D eigenvalue weighted by Gasteiger charge is -2.10. The molecule has 4 nitrogen and oxygen atoms in total. The summed E-state index contributed by atoms with van der Waals surface area (Å²) >= 11 is 0. The fourth-order valence-corrected chi connectivity index (χ4v) is 1.63. The SMILES string of the molecule is Cc1ccc(CN)cc1NC(=O)c1ccncc1. The van der Waals surface area contributed by atoms with Crippen LogP contribution in [0.4, 0.5) is 5.69 Å². The molecule has 0 bridgehead atoms. The van der Waals surface area contributed by atoms with Gasteiger partial charge < -0.3 is 11.1 Å². The third-order valence-electron chi connectivity index (χ3n) is 2.73. The molecule has 2 rings (SSSR count). The van der Waals surface area contributed by atoms with E-state index in [0.29, 0.717) is 12.1 Å². The van der Waals surface area contributed by atoms with E-state index < -0.39 is 0 Å². The molecule has 0 radical (unpaired) electrons. The molecule has 0 aliphatic rings. The summed E-state index contributed by atoms with van der Waals surface area (Å²) in [4.78, 5) is 15.9. The van der Waals surface area contributed by atoms with Gasteiger partial charge >= 0.3 is 0 Å². The van der Waals surface area contributed by atoms with Crippen molar-refractivity contribution in [2.45, 2.75) is 13.5 Å². The summed E-state index contributed by atoms with van der Waals surface area (Å²) in [6.45, 7) is 2.40. The van der Waals surface area contributed by atoms with Crippen LogP contribution in [0.3, 0.4) is 0 Å². The Labute approximate surface area is 106 Å². The van der Waals surface area contributed by atoms with Crippen LogP contribution in [0.2, 0.25) is 0 Å². The van der Waals surface area contributed by atoms with Crippen molar-refractivity contribution < 1.29 is 4.79 Å². The number of nitrogens with one attached hydrogen (secondary N) is 1. The topological polar surface area (TPSA) is 68.0 Å². The van der Waals surface area contributed by atoms with Crippen molar-refractivity contribution in [2.75, 3.05) is 5.32 Å². The van der Waals surface area contributed by atoms with E-state index in [9.17, 15) is 4.79 Å². The summed E-state index contributed by atoms with van der Waals surface area (Å²) in [6, 6.07) is 9.16. The lowest BCUT2D eigenvalue weighted by atomic mass is 10.1. The molecule has 1 heterocycles. The fraction of sp³-hybridized carbons (Fsp3) is 0.143. The van der Waals surface area contributed by atoms with Gasteiger partial charge in [-0.25, -0.2) is 0 Å². The minimum Gasteiger partial charge on any atom is -0.326 e. The number of nitrogens with two attached hydrogens (primary N) is 1. The zero-order valence-electron chi connectivity index (χ0n) is 10.2. The molecule has 92 valence electrons. The summed E-state index contributed by atoms with van der Waals surface area (Å²) in [5, 5.41) is 2.88. The second kappa shape index (κ2) is 5.42. The molecular weight excluding hydrogens is 226 g/mol. The molecule has 3 N–H and O–H groups in total. The molecule has 0 aliphatic heterocycles. The Morgan fingerprint density at radius 2 is 2.00 bits per heavy atom. The van der Waals surface area contributed by atoms with E-state index >= 15 is 0 Å². The smallest absolute Gasteiger partial charge is 0.255 e. The van der Waals surface area contributed by atoms with Gasteiger partial charge in [0.2, 0.25) is 0 Å². The first-order chi connectivity index (χ1) is 8.70. The molecule has 0 atom stereocenters. The first-order valence-corrected chi connectivity index (χ1v) is 5.71. The number of hydrogen-bond donors (Lipinski definition) is 2. The Hall–Kier alpha value is -2.20. The number of anilines is 1. The Balaban J connectivity index is 2.21. The van der Waals surface area contributed by atoms with E-state index in [1.54, 1.807) is 24.5 Å². The minimum absolute atomic E-state index is 0.144. The van der Waals surface area contributed by atoms with Gasteiger partial charge in [0.05, 0.1) is 0 Å². The van der Waals surface area contributed by atoms with Crippen LogP contribution >= 0.6 is 0 Å². The maximum Gasteiger partial charge on any atom is 0.255 e. The van der Waals surface area contributed by atoms with Crippen molar-refractivity contribution in [3.63, 3.8) is 0 Å². The highest BCUT2D eigenvalue weighted by molar-refractivity contribution is 6.04. The van der Waals surface area contributed by atoms with Crippen molar-refractivity contribution >= 4 is 11.6 Å². The van der Waals surface area contributed by atoms with Crippen LogP contribution < -0.4 is 11.1 Å². The average Bonchev–Trinajstić information content (AvgIpc) is 2.42. The zero-order chi connectivity index (χ0) is 13.0. The molecule has 0 unspecified atom stereocenters. The highest BCUT2D eigenvalue weighted by atomic mass is 16.1. The van der Waals surface area contributed by atoms with Crippen molar-refractivity contribution in [1.29, 1.82) is 0 Å². The molecular formula is C14H15N3O. The van der Waals surface area contributed by atoms with E-state index in [4.69, 9.17) is 5.73 Å². The number of hydrogen-bond acceptors (Lipinski definition) is 3. The number of rotatable bonds is 3. The predicted octanol–water partition coefficient (Wildman–Crippen LogP) is 2.10. The predicted molar refractivity (Wildman–Crippen MR) is 71.3 cm³/mol. The number of carbonyl (C=O) groups excluding carboxylic acids is 1. The van der Waals surface area contributed by atoms with Crippen LogP contribution in [0.25, 0.3) is 0 Å². The van der Waals surface area contributed by atoms with E-state index in [0.717, 1.165) is 16.8 Å². The number of aromatic nitrogens is 1. The van der Waals surface area contributed by atoms with Crippen LogP contribution in [-0.2, 0) is 6.54 Å². The van der Waals surface area contributed by atoms with Gasteiger partial charge in [-0.15, -0.1) is 0 Å². The normalized spacial score (nSPS) is 10.1. The number of nitrogens with zero attached hydrogens (tertiary/aromatic N) is 1. The summed E-state index contributed by atoms with van der Waals surface area (Å²) in [5.41, 5.74) is 8.97. The molecule has 2 aromatic rings. The molecule has 1 aromatic heterocycles. The fourth-order valence-electron chi connectivity index (χ4n) is 1.63. The maximum atomic E-state index is 12.0. The number of benzene rings is 1. The summed E-state index contributed by atoms with van der Waals surface area (Å²) in [5.74, 6) is -0.144. The first kappa shape index (κ1) is 12.3. The molecule has 0 fully saturated rings. The molecule has 4 heteroatoms. The van der Waals surface area contributed by atoms with E-state index in [2.05, 4.69) is 10.3 Å². The third kappa shape index (κ3) is 2.73. The molecule has 0 saturated carbocycles. The summed E-state index contributed by atoms with van der Waals surface area (Å²) in [7, 11) is 0. The minimum atomic E-state index is -0.144. The van der Waals surface area contributed by atoms with Crippen LogP contribution in [0.5, 0.6) is 0 Å². The van der Waals surface area contributed by atoms with Gasteiger partial charge in [0.15, 0.2) is 0 Å². The Morgan fingerprint density at radius 1 is 1.28 bits per heavy atom. The second-order valence-electron chi connectivity index (χ2n) is 4.04. The van der Waals surface area contributed by atoms with Crippen LogP contribution in [-0.4, -0.2) is 10.9 Å². The Morgan fingerprint density at radius 3 is 2.67 bits per heavy atom. The Kier molecular flexibility index (Phi) is 3.69. The maximum absolute atomic E-state index is 12.0. The Bertz CT molecular complexity index is 552. The van der Waals surface area contributed by atoms with Gasteiger partial charge in [-0.05, 0) is 36.2 Å². The molecule has 1 aromatic carbocycles. The van der Waals surface area contributed by atoms with Gasteiger partial charge in [0, 0.05) is 30.2 Å². The van der Waals surface area contributed by atoms with Crippen molar-refractivity contribution in [3.8, 4) is 0 Å². The molecule has 0 spiro atoms. The number of aryl methyl sites for hydroxylation is 1. The molecule has 0 aliphatic carbocycles. The van der Waals surface area contributed by atoms with Gasteiger partial charge in [0.25, 0.3) is 5.91 Å². The molecule has 18 heavy (non-hydrogen) atoms. The van der Waals surface area contributed by atoms with Gasteiger partial charge in [-0.3, -0.25) is 9.78 Å². The van der Waals surface area contributed by atoms with E-state index in [-0.39, 0.29) is 5.91 Å². The average molecular weight is 241 g/mol. The van der Waals surface area contributed by atoms with Crippen LogP contribution in [0.15, 0.2) is 42.7 Å². The molecule has 1 amide bonds. The number of pyridine rings is 1. The van der Waals surface area contributed by atoms with E-state index in [1.165, 1.54) is 0 Å². The lowest BCUT2D eigenvalue weighted by molar-refractivity contribution is 0.102. The zero-order valence-corrected chi connectivity index (χ0v) is 10.2. The number of amides is 1. The van der Waals surface area contributed by atoms with Crippen molar-refractivity contribution in [3.05, 3.63) is 59.4 Å². The standard InChI is InChI=1S/C14H15N3O/c1-10-2-3-11(9-15)8-13(10)17-14(18)12-4-6-16-7-5-12/h2-8H,9,15H2,1H3,(H,17,18). The highest BCUT2D eigenvalue weighted by Gasteiger charge is 2.07. The summed E-state index contributed by atoms with van der Waals surface area (Å²) in [6.07, 6.45) is 3.19. The van der Waals surface area contributed by atoms with Gasteiger partial charge in [0.1, 0.15) is 0 Å². The first-order valence-electron chi connectivity index (χ1n) is 5.71. The second-order valence-corrected chi connectivity index (χ2v) is 4.04. The largest absolute Gasteiger partial charge is 0.326 e. The monoisotopic (exact) mass is 241 g/mol. The summed E-state index contributed by atoms with van der Waals surface area (Å²) < 4.78 is 0. The lowest BCUT2D eigenvalue weighted by Crippen LogP contribution is -2.13. The van der Waals surface area contributed by atoms with Crippen molar-refractivity contribution in [1.82, 2.24) is 4.98 Å². The van der Waals surface area contributed by atoms with Crippen LogP contribution in [0, 0.1) is 6.92 Å². The van der Waals surface area contributed by atoms with Crippen LogP contribution in [0.1, 0.15) is 21.5 Å². The quantitative estimate of drug-likeness (QED) is 0.864. The van der Waals surface area contributed by atoms with Crippen molar-refractivity contribution in [2.24, 2.45) is 5.73 Å². The highest BCUT2D eigenvalue weighted by Crippen LogP contribution is 2.17. The number of carbonyl (C=O) groups is 1. The third-order valence-corrected chi connectivity index (χ3v) is 2.73. The van der Waals surface area contributed by atoms with Gasteiger partial charge in [-0.1, -0.05) is 12.1 Å². The molecule has 0 saturated heterocycles.